The predicted octanol–water partition coefficient (Wildman–Crippen LogP) is 3.70. The van der Waals surface area contributed by atoms with Crippen molar-refractivity contribution in [2.75, 3.05) is 7.11 Å². The van der Waals surface area contributed by atoms with Crippen LogP contribution in [0.15, 0.2) is 22.3 Å². The molecule has 1 aliphatic rings. The van der Waals surface area contributed by atoms with Crippen LogP contribution in [0.2, 0.25) is 0 Å². The average molecular weight is 262 g/mol. The molecule has 0 spiro atoms. The summed E-state index contributed by atoms with van der Waals surface area (Å²) in [5.74, 6) is 1.29. The Labute approximate surface area is 114 Å². The van der Waals surface area contributed by atoms with Gasteiger partial charge in [0.05, 0.1) is 17.9 Å². The fourth-order valence-electron chi connectivity index (χ4n) is 2.76. The molecule has 1 aromatic heterocycles. The van der Waals surface area contributed by atoms with Crippen LogP contribution in [0.4, 0.5) is 0 Å². The molecule has 2 atom stereocenters. The number of ether oxygens (including phenoxy) is 1. The van der Waals surface area contributed by atoms with Crippen molar-refractivity contribution in [3.05, 3.63) is 34.8 Å². The lowest BCUT2D eigenvalue weighted by Crippen LogP contribution is -2.18. The van der Waals surface area contributed by atoms with Gasteiger partial charge in [0.15, 0.2) is 5.78 Å². The van der Waals surface area contributed by atoms with E-state index in [1.807, 2.05) is 6.92 Å². The molecule has 0 N–H and O–H groups in total. The number of allylic oxidation sites excluding steroid dienone is 1. The summed E-state index contributed by atoms with van der Waals surface area (Å²) in [6.07, 6.45) is 6.04. The molecular formula is C16H22O3. The van der Waals surface area contributed by atoms with E-state index < -0.39 is 0 Å². The molecule has 1 heterocycles. The maximum absolute atomic E-state index is 12.4. The molecule has 3 heteroatoms. The highest BCUT2D eigenvalue weighted by molar-refractivity contribution is 5.98. The minimum atomic E-state index is 0.0837. The highest BCUT2D eigenvalue weighted by atomic mass is 16.5. The molecule has 0 bridgehead atoms. The summed E-state index contributed by atoms with van der Waals surface area (Å²) >= 11 is 0. The lowest BCUT2D eigenvalue weighted by atomic mass is 9.90. The minimum absolute atomic E-state index is 0.0837. The average Bonchev–Trinajstić information content (AvgIpc) is 2.68. The molecule has 104 valence electrons. The SMILES string of the molecule is CO[C@@H]1/C=C(/C)Cc2occ(C)c2C(=O)C[C@H](C)C1. The fraction of sp³-hybridized carbons (Fsp3) is 0.562. The van der Waals surface area contributed by atoms with Crippen LogP contribution < -0.4 is 0 Å². The number of carbonyl (C=O) groups excluding carboxylic acids is 1. The molecule has 0 aromatic carbocycles. The number of methoxy groups -OCH3 is 1. The number of carbonyl (C=O) groups is 1. The van der Waals surface area contributed by atoms with Gasteiger partial charge >= 0.3 is 0 Å². The fourth-order valence-corrected chi connectivity index (χ4v) is 2.76. The van der Waals surface area contributed by atoms with Crippen LogP contribution in [0.5, 0.6) is 0 Å². The first-order valence-electron chi connectivity index (χ1n) is 6.81. The minimum Gasteiger partial charge on any atom is -0.468 e. The van der Waals surface area contributed by atoms with Crippen LogP contribution >= 0.6 is 0 Å². The summed E-state index contributed by atoms with van der Waals surface area (Å²) in [5, 5.41) is 0. The summed E-state index contributed by atoms with van der Waals surface area (Å²) in [5.41, 5.74) is 2.92. The first kappa shape index (κ1) is 14.1. The van der Waals surface area contributed by atoms with Crippen molar-refractivity contribution in [2.45, 2.75) is 46.1 Å². The number of hydrogen-bond donors (Lipinski definition) is 0. The van der Waals surface area contributed by atoms with E-state index in [0.717, 1.165) is 23.3 Å². The molecule has 0 aliphatic heterocycles. The number of aryl methyl sites for hydroxylation is 1. The Morgan fingerprint density at radius 1 is 1.37 bits per heavy atom. The van der Waals surface area contributed by atoms with Crippen LogP contribution in [0, 0.1) is 12.8 Å². The predicted molar refractivity (Wildman–Crippen MR) is 74.4 cm³/mol. The molecule has 19 heavy (non-hydrogen) atoms. The summed E-state index contributed by atoms with van der Waals surface area (Å²) in [6, 6.07) is 0. The van der Waals surface area contributed by atoms with Gasteiger partial charge in [-0.15, -0.1) is 0 Å². The molecule has 0 saturated heterocycles. The van der Waals surface area contributed by atoms with Crippen LogP contribution in [0.3, 0.4) is 0 Å². The standard InChI is InChI=1S/C16H22O3/c1-10-5-13(18-4)6-11(2)8-15-16(14(17)7-10)12(3)9-19-15/h6,9-10,13H,5,7-8H2,1-4H3/b11-6-/t10-,13+/m1/s1. The third-order valence-electron chi connectivity index (χ3n) is 3.71. The maximum atomic E-state index is 12.4. The Morgan fingerprint density at radius 3 is 2.79 bits per heavy atom. The smallest absolute Gasteiger partial charge is 0.166 e. The van der Waals surface area contributed by atoms with Gasteiger partial charge < -0.3 is 9.15 Å². The van der Waals surface area contributed by atoms with Gasteiger partial charge in [-0.25, -0.2) is 0 Å². The van der Waals surface area contributed by atoms with Gasteiger partial charge in [-0.2, -0.15) is 0 Å². The molecular weight excluding hydrogens is 240 g/mol. The lowest BCUT2D eigenvalue weighted by molar-refractivity contribution is 0.0913. The van der Waals surface area contributed by atoms with Crippen molar-refractivity contribution in [2.24, 2.45) is 5.92 Å². The third-order valence-corrected chi connectivity index (χ3v) is 3.71. The molecule has 0 saturated carbocycles. The van der Waals surface area contributed by atoms with E-state index in [2.05, 4.69) is 19.9 Å². The monoisotopic (exact) mass is 262 g/mol. The van der Waals surface area contributed by atoms with Gasteiger partial charge in [-0.1, -0.05) is 18.6 Å². The zero-order chi connectivity index (χ0) is 14.0. The second-order valence-corrected chi connectivity index (χ2v) is 5.65. The Hall–Kier alpha value is -1.35. The Kier molecular flexibility index (Phi) is 4.25. The number of rotatable bonds is 1. The molecule has 0 fully saturated rings. The molecule has 2 rings (SSSR count). The number of Topliss-reactive ketones (excluding diaryl/α,β-unsaturated/α-hetero) is 1. The van der Waals surface area contributed by atoms with Crippen LogP contribution in [-0.4, -0.2) is 19.0 Å². The van der Waals surface area contributed by atoms with Gasteiger partial charge in [0, 0.05) is 20.0 Å². The Bertz CT molecular complexity index is 496. The largest absolute Gasteiger partial charge is 0.468 e. The van der Waals surface area contributed by atoms with Crippen LogP contribution in [0.1, 0.15) is 48.4 Å². The second kappa shape index (κ2) is 5.74. The van der Waals surface area contributed by atoms with E-state index in [-0.39, 0.29) is 11.9 Å². The molecule has 1 aromatic rings. The first-order chi connectivity index (χ1) is 9.01. The van der Waals surface area contributed by atoms with Gasteiger partial charge in [0.2, 0.25) is 0 Å². The van der Waals surface area contributed by atoms with Crippen LogP contribution in [0.25, 0.3) is 0 Å². The summed E-state index contributed by atoms with van der Waals surface area (Å²) < 4.78 is 11.0. The summed E-state index contributed by atoms with van der Waals surface area (Å²) in [4.78, 5) is 12.4. The van der Waals surface area contributed by atoms with Crippen LogP contribution in [-0.2, 0) is 11.2 Å². The normalized spacial score (nSPS) is 27.6. The highest BCUT2D eigenvalue weighted by Gasteiger charge is 2.23. The van der Waals surface area contributed by atoms with Crippen molar-refractivity contribution in [1.29, 1.82) is 0 Å². The van der Waals surface area contributed by atoms with E-state index in [1.165, 1.54) is 5.57 Å². The van der Waals surface area contributed by atoms with E-state index in [0.29, 0.717) is 18.8 Å². The van der Waals surface area contributed by atoms with E-state index in [9.17, 15) is 4.79 Å². The zero-order valence-electron chi connectivity index (χ0n) is 12.2. The number of hydrogen-bond acceptors (Lipinski definition) is 3. The Balaban J connectivity index is 2.40. The van der Waals surface area contributed by atoms with Gasteiger partial charge in [0.1, 0.15) is 5.76 Å². The quantitative estimate of drug-likeness (QED) is 0.724. The number of furan rings is 1. The van der Waals surface area contributed by atoms with Crippen molar-refractivity contribution in [3.8, 4) is 0 Å². The van der Waals surface area contributed by atoms with Crippen molar-refractivity contribution < 1.29 is 13.9 Å². The maximum Gasteiger partial charge on any atom is 0.166 e. The molecule has 0 amide bonds. The molecule has 1 aliphatic carbocycles. The first-order valence-corrected chi connectivity index (χ1v) is 6.81. The van der Waals surface area contributed by atoms with E-state index >= 15 is 0 Å². The van der Waals surface area contributed by atoms with Gasteiger partial charge in [-0.05, 0) is 31.7 Å². The zero-order valence-corrected chi connectivity index (χ0v) is 12.2. The number of fused-ring (bicyclic) bond motifs is 1. The van der Waals surface area contributed by atoms with Crippen molar-refractivity contribution in [3.63, 3.8) is 0 Å². The topological polar surface area (TPSA) is 39.4 Å². The second-order valence-electron chi connectivity index (χ2n) is 5.65. The lowest BCUT2D eigenvalue weighted by Gasteiger charge is -2.19. The highest BCUT2D eigenvalue weighted by Crippen LogP contribution is 2.26. The molecule has 0 unspecified atom stereocenters. The van der Waals surface area contributed by atoms with Gasteiger partial charge in [-0.3, -0.25) is 4.79 Å². The van der Waals surface area contributed by atoms with Gasteiger partial charge in [0.25, 0.3) is 0 Å². The van der Waals surface area contributed by atoms with E-state index in [4.69, 9.17) is 9.15 Å². The molecule has 0 radical (unpaired) electrons. The number of ketones is 1. The van der Waals surface area contributed by atoms with Crippen molar-refractivity contribution in [1.82, 2.24) is 0 Å². The third kappa shape index (κ3) is 3.16. The Morgan fingerprint density at radius 2 is 2.11 bits per heavy atom. The van der Waals surface area contributed by atoms with Crippen molar-refractivity contribution >= 4 is 5.78 Å². The van der Waals surface area contributed by atoms with E-state index in [1.54, 1.807) is 13.4 Å². The summed E-state index contributed by atoms with van der Waals surface area (Å²) in [6.45, 7) is 6.10. The molecule has 3 nitrogen and oxygen atoms in total. The summed E-state index contributed by atoms with van der Waals surface area (Å²) in [7, 11) is 1.72.